The summed E-state index contributed by atoms with van der Waals surface area (Å²) < 4.78 is 2.49. The minimum absolute atomic E-state index is 0.135. The Kier molecular flexibility index (Phi) is 4.56. The molecule has 146 valence electrons. The summed E-state index contributed by atoms with van der Waals surface area (Å²) in [6.45, 7) is 0.365. The van der Waals surface area contributed by atoms with Gasteiger partial charge < -0.3 is 5.32 Å². The van der Waals surface area contributed by atoms with E-state index in [1.165, 1.54) is 0 Å². The van der Waals surface area contributed by atoms with E-state index in [2.05, 4.69) is 21.2 Å². The summed E-state index contributed by atoms with van der Waals surface area (Å²) >= 11 is 3.46. The molecule has 0 spiro atoms. The lowest BCUT2D eigenvalue weighted by Gasteiger charge is -2.12. The third-order valence-electron chi connectivity index (χ3n) is 5.11. The Hall–Kier alpha value is -3.51. The molecule has 1 aliphatic rings. The van der Waals surface area contributed by atoms with Gasteiger partial charge in [0.1, 0.15) is 5.82 Å². The fourth-order valence-electron chi connectivity index (χ4n) is 3.65. The molecule has 1 aliphatic heterocycles. The summed E-state index contributed by atoms with van der Waals surface area (Å²) in [5, 5.41) is 3.42. The second kappa shape index (κ2) is 7.39. The zero-order chi connectivity index (χ0) is 20.7. The van der Waals surface area contributed by atoms with Gasteiger partial charge in [-0.3, -0.25) is 14.2 Å². The number of fused-ring (bicyclic) bond motifs is 2. The molecule has 0 saturated carbocycles. The average molecular weight is 458 g/mol. The SMILES string of the molecule is O=C1Nc2ccc(Br)cc2C1=Cc1nc2ccccc2c(=O)n1Cc1ccccc1. The van der Waals surface area contributed by atoms with Crippen LogP contribution in [0.3, 0.4) is 0 Å². The zero-order valence-corrected chi connectivity index (χ0v) is 17.4. The van der Waals surface area contributed by atoms with Gasteiger partial charge in [0.15, 0.2) is 0 Å². The lowest BCUT2D eigenvalue weighted by Crippen LogP contribution is -2.24. The molecule has 2 heterocycles. The average Bonchev–Trinajstić information content (AvgIpc) is 3.06. The largest absolute Gasteiger partial charge is 0.321 e. The lowest BCUT2D eigenvalue weighted by molar-refractivity contribution is -0.110. The number of nitrogens with zero attached hydrogens (tertiary/aromatic N) is 2. The van der Waals surface area contributed by atoms with Crippen LogP contribution >= 0.6 is 15.9 Å². The van der Waals surface area contributed by atoms with Gasteiger partial charge in [-0.25, -0.2) is 4.98 Å². The molecule has 30 heavy (non-hydrogen) atoms. The van der Waals surface area contributed by atoms with E-state index in [1.54, 1.807) is 16.7 Å². The Morgan fingerprint density at radius 1 is 0.967 bits per heavy atom. The molecule has 0 bridgehead atoms. The van der Waals surface area contributed by atoms with Crippen molar-refractivity contribution in [3.63, 3.8) is 0 Å². The highest BCUT2D eigenvalue weighted by Gasteiger charge is 2.25. The molecule has 1 N–H and O–H groups in total. The van der Waals surface area contributed by atoms with Gasteiger partial charge in [-0.1, -0.05) is 58.4 Å². The first-order chi connectivity index (χ1) is 14.6. The number of amides is 1. The monoisotopic (exact) mass is 457 g/mol. The molecule has 0 fully saturated rings. The van der Waals surface area contributed by atoms with Crippen molar-refractivity contribution in [3.05, 3.63) is 105 Å². The number of hydrogen-bond acceptors (Lipinski definition) is 3. The van der Waals surface area contributed by atoms with Crippen LogP contribution in [0, 0.1) is 0 Å². The molecule has 0 atom stereocenters. The van der Waals surface area contributed by atoms with Crippen LogP contribution in [0.4, 0.5) is 5.69 Å². The number of para-hydroxylation sites is 1. The van der Waals surface area contributed by atoms with Gasteiger partial charge in [0.25, 0.3) is 11.5 Å². The van der Waals surface area contributed by atoms with Crippen molar-refractivity contribution < 1.29 is 4.79 Å². The fraction of sp³-hybridized carbons (Fsp3) is 0.0417. The standard InChI is InChI=1S/C24H16BrN3O2/c25-16-10-11-21-18(12-16)19(23(29)27-21)13-22-26-20-9-5-4-8-17(20)24(30)28(22)14-15-6-2-1-3-7-15/h1-13H,14H2,(H,27,29). The number of rotatable bonds is 3. The first-order valence-electron chi connectivity index (χ1n) is 9.46. The molecule has 0 unspecified atom stereocenters. The Bertz CT molecular complexity index is 1390. The van der Waals surface area contributed by atoms with Crippen molar-refractivity contribution in [2.45, 2.75) is 6.54 Å². The quantitative estimate of drug-likeness (QED) is 0.453. The summed E-state index contributed by atoms with van der Waals surface area (Å²) in [6.07, 6.45) is 1.70. The molecule has 1 amide bonds. The van der Waals surface area contributed by atoms with E-state index in [0.29, 0.717) is 28.8 Å². The summed E-state index contributed by atoms with van der Waals surface area (Å²) in [5.74, 6) is 0.234. The molecular weight excluding hydrogens is 442 g/mol. The zero-order valence-electron chi connectivity index (χ0n) is 15.8. The maximum atomic E-state index is 13.3. The summed E-state index contributed by atoms with van der Waals surface area (Å²) in [6, 6.07) is 22.6. The summed E-state index contributed by atoms with van der Waals surface area (Å²) in [7, 11) is 0. The molecule has 6 heteroatoms. The number of aromatic nitrogens is 2. The third-order valence-corrected chi connectivity index (χ3v) is 5.61. The number of carbonyl (C=O) groups is 1. The van der Waals surface area contributed by atoms with Crippen LogP contribution in [0.5, 0.6) is 0 Å². The van der Waals surface area contributed by atoms with Crippen molar-refractivity contribution >= 4 is 50.1 Å². The molecule has 0 aliphatic carbocycles. The molecule has 5 nitrogen and oxygen atoms in total. The number of carbonyl (C=O) groups excluding carboxylic acids is 1. The van der Waals surface area contributed by atoms with Gasteiger partial charge in [0, 0.05) is 15.7 Å². The highest BCUT2D eigenvalue weighted by Crippen LogP contribution is 2.34. The van der Waals surface area contributed by atoms with Crippen LogP contribution in [0.25, 0.3) is 22.6 Å². The van der Waals surface area contributed by atoms with Crippen LogP contribution in [-0.4, -0.2) is 15.5 Å². The van der Waals surface area contributed by atoms with Crippen LogP contribution < -0.4 is 10.9 Å². The highest BCUT2D eigenvalue weighted by atomic mass is 79.9. The number of anilines is 1. The van der Waals surface area contributed by atoms with E-state index in [1.807, 2.05) is 66.7 Å². The van der Waals surface area contributed by atoms with Crippen molar-refractivity contribution in [3.8, 4) is 0 Å². The van der Waals surface area contributed by atoms with E-state index < -0.39 is 0 Å². The second-order valence-corrected chi connectivity index (χ2v) is 7.98. The first kappa shape index (κ1) is 18.5. The van der Waals surface area contributed by atoms with E-state index in [0.717, 1.165) is 21.3 Å². The number of nitrogens with one attached hydrogen (secondary N) is 1. The van der Waals surface area contributed by atoms with Crippen LogP contribution in [0.1, 0.15) is 17.0 Å². The second-order valence-electron chi connectivity index (χ2n) is 7.07. The van der Waals surface area contributed by atoms with E-state index in [-0.39, 0.29) is 11.5 Å². The minimum atomic E-state index is -0.211. The third kappa shape index (κ3) is 3.25. The van der Waals surface area contributed by atoms with Crippen molar-refractivity contribution in [2.24, 2.45) is 0 Å². The first-order valence-corrected chi connectivity index (χ1v) is 10.3. The topological polar surface area (TPSA) is 64.0 Å². The number of hydrogen-bond donors (Lipinski definition) is 1. The van der Waals surface area contributed by atoms with E-state index in [4.69, 9.17) is 4.98 Å². The fourth-order valence-corrected chi connectivity index (χ4v) is 4.01. The van der Waals surface area contributed by atoms with Crippen molar-refractivity contribution in [2.75, 3.05) is 5.32 Å². The molecule has 0 saturated heterocycles. The molecular formula is C24H16BrN3O2. The molecule has 0 radical (unpaired) electrons. The van der Waals surface area contributed by atoms with Crippen LogP contribution in [0.15, 0.2) is 82.1 Å². The normalized spacial score (nSPS) is 14.2. The van der Waals surface area contributed by atoms with Gasteiger partial charge in [-0.05, 0) is 42.0 Å². The van der Waals surface area contributed by atoms with Gasteiger partial charge in [-0.2, -0.15) is 0 Å². The van der Waals surface area contributed by atoms with Crippen molar-refractivity contribution in [1.82, 2.24) is 9.55 Å². The maximum Gasteiger partial charge on any atom is 0.261 e. The predicted molar refractivity (Wildman–Crippen MR) is 122 cm³/mol. The minimum Gasteiger partial charge on any atom is -0.321 e. The predicted octanol–water partition coefficient (Wildman–Crippen LogP) is 4.70. The number of halogens is 1. The van der Waals surface area contributed by atoms with E-state index >= 15 is 0 Å². The van der Waals surface area contributed by atoms with Gasteiger partial charge in [0.05, 0.1) is 23.0 Å². The Balaban J connectivity index is 1.74. The molecule has 1 aromatic heterocycles. The maximum absolute atomic E-state index is 13.3. The Morgan fingerprint density at radius 2 is 1.73 bits per heavy atom. The van der Waals surface area contributed by atoms with Crippen LogP contribution in [0.2, 0.25) is 0 Å². The van der Waals surface area contributed by atoms with Crippen LogP contribution in [-0.2, 0) is 11.3 Å². The van der Waals surface area contributed by atoms with Gasteiger partial charge >= 0.3 is 0 Å². The summed E-state index contributed by atoms with van der Waals surface area (Å²) in [5.41, 5.74) is 3.46. The smallest absolute Gasteiger partial charge is 0.261 e. The number of benzene rings is 3. The van der Waals surface area contributed by atoms with Gasteiger partial charge in [-0.15, -0.1) is 0 Å². The molecule has 5 rings (SSSR count). The highest BCUT2D eigenvalue weighted by molar-refractivity contribution is 9.10. The summed E-state index contributed by atoms with van der Waals surface area (Å²) in [4.78, 5) is 30.7. The van der Waals surface area contributed by atoms with Crippen molar-refractivity contribution in [1.29, 1.82) is 0 Å². The Morgan fingerprint density at radius 3 is 2.57 bits per heavy atom. The molecule has 4 aromatic rings. The van der Waals surface area contributed by atoms with Gasteiger partial charge in [0.2, 0.25) is 0 Å². The van der Waals surface area contributed by atoms with E-state index in [9.17, 15) is 9.59 Å². The Labute approximate surface area is 180 Å². The lowest BCUT2D eigenvalue weighted by atomic mass is 10.1. The molecule has 3 aromatic carbocycles.